The van der Waals surface area contributed by atoms with Crippen LogP contribution in [0.2, 0.25) is 0 Å². The zero-order valence-corrected chi connectivity index (χ0v) is 14.6. The molecule has 0 aliphatic carbocycles. The predicted octanol–water partition coefficient (Wildman–Crippen LogP) is 0.405. The van der Waals surface area contributed by atoms with E-state index in [1.54, 1.807) is 54.6 Å². The highest BCUT2D eigenvalue weighted by Crippen LogP contribution is 2.10. The maximum Gasteiger partial charge on any atom is 0.254 e. The van der Waals surface area contributed by atoms with Gasteiger partial charge in [0.05, 0.1) is 12.7 Å². The number of benzene rings is 2. The summed E-state index contributed by atoms with van der Waals surface area (Å²) in [6.45, 7) is -0.993. The quantitative estimate of drug-likeness (QED) is 0.338. The van der Waals surface area contributed by atoms with Crippen molar-refractivity contribution in [3.8, 4) is 0 Å². The lowest BCUT2D eigenvalue weighted by atomic mass is 10.2. The number of hydrogen-bond donors (Lipinski definition) is 5. The number of hydrogen-bond acceptors (Lipinski definition) is 5. The Morgan fingerprint density at radius 1 is 1.07 bits per heavy atom. The summed E-state index contributed by atoms with van der Waals surface area (Å²) in [6, 6.07) is 14.8. The fourth-order valence-corrected chi connectivity index (χ4v) is 2.40. The van der Waals surface area contributed by atoms with Crippen molar-refractivity contribution in [1.29, 1.82) is 5.41 Å². The molecule has 2 aromatic rings. The van der Waals surface area contributed by atoms with Crippen molar-refractivity contribution >= 4 is 23.3 Å². The van der Waals surface area contributed by atoms with Crippen LogP contribution in [0.1, 0.15) is 15.9 Å². The van der Waals surface area contributed by atoms with Gasteiger partial charge < -0.3 is 26.2 Å². The van der Waals surface area contributed by atoms with Gasteiger partial charge in [-0.15, -0.1) is 0 Å². The van der Waals surface area contributed by atoms with Crippen molar-refractivity contribution in [2.75, 3.05) is 25.0 Å². The molecule has 0 heterocycles. The van der Waals surface area contributed by atoms with Crippen LogP contribution in [0.4, 0.5) is 5.69 Å². The maximum absolute atomic E-state index is 12.6. The summed E-state index contributed by atoms with van der Waals surface area (Å²) in [6.07, 6.45) is -1.15. The van der Waals surface area contributed by atoms with Gasteiger partial charge in [-0.1, -0.05) is 18.2 Å². The minimum atomic E-state index is -1.15. The molecule has 1 atom stereocenters. The molecule has 0 radical (unpaired) electrons. The molecule has 142 valence electrons. The maximum atomic E-state index is 12.6. The SMILES string of the molecule is N=C(N)c1ccc(NC(=O)CN(CC(O)CO)C(=O)c2ccccc2)cc1. The van der Waals surface area contributed by atoms with Crippen molar-refractivity contribution < 1.29 is 19.8 Å². The number of amidine groups is 1. The minimum Gasteiger partial charge on any atom is -0.394 e. The molecule has 2 aromatic carbocycles. The molecule has 1 unspecified atom stereocenters. The molecule has 27 heavy (non-hydrogen) atoms. The number of rotatable bonds is 8. The summed E-state index contributed by atoms with van der Waals surface area (Å²) in [5, 5.41) is 28.8. The molecule has 6 N–H and O–H groups in total. The van der Waals surface area contributed by atoms with Gasteiger partial charge in [-0.25, -0.2) is 0 Å². The third-order valence-electron chi connectivity index (χ3n) is 3.76. The van der Waals surface area contributed by atoms with E-state index in [4.69, 9.17) is 16.2 Å². The molecular weight excluding hydrogens is 348 g/mol. The lowest BCUT2D eigenvalue weighted by Gasteiger charge is -2.24. The van der Waals surface area contributed by atoms with Crippen molar-refractivity contribution in [3.05, 3.63) is 65.7 Å². The van der Waals surface area contributed by atoms with Crippen LogP contribution in [-0.2, 0) is 4.79 Å². The Morgan fingerprint density at radius 2 is 1.70 bits per heavy atom. The molecule has 2 rings (SSSR count). The molecule has 8 heteroatoms. The minimum absolute atomic E-state index is 0.0782. The standard InChI is InChI=1S/C19H22N4O4/c20-18(21)13-6-8-15(9-7-13)22-17(26)11-23(10-16(25)12-24)19(27)14-4-2-1-3-5-14/h1-9,16,24-25H,10-12H2,(H3,20,21)(H,22,26). The van der Waals surface area contributed by atoms with E-state index in [-0.39, 0.29) is 18.9 Å². The van der Waals surface area contributed by atoms with Crippen molar-refractivity contribution in [1.82, 2.24) is 4.90 Å². The topological polar surface area (TPSA) is 140 Å². The number of carbonyl (C=O) groups is 2. The number of nitrogen functional groups attached to an aromatic ring is 1. The second-order valence-corrected chi connectivity index (χ2v) is 5.93. The summed E-state index contributed by atoms with van der Waals surface area (Å²) in [5.41, 5.74) is 6.78. The van der Waals surface area contributed by atoms with Gasteiger partial charge in [0.2, 0.25) is 5.91 Å². The molecule has 0 bridgehead atoms. The first-order valence-electron chi connectivity index (χ1n) is 8.28. The van der Waals surface area contributed by atoms with E-state index in [0.29, 0.717) is 16.8 Å². The number of aliphatic hydroxyl groups excluding tert-OH is 2. The van der Waals surface area contributed by atoms with Gasteiger partial charge in [-0.05, 0) is 36.4 Å². The summed E-state index contributed by atoms with van der Waals surface area (Å²) in [5.74, 6) is -0.962. The average molecular weight is 370 g/mol. The Morgan fingerprint density at radius 3 is 2.26 bits per heavy atom. The highest BCUT2D eigenvalue weighted by atomic mass is 16.3. The van der Waals surface area contributed by atoms with Gasteiger partial charge in [0.15, 0.2) is 0 Å². The van der Waals surface area contributed by atoms with Crippen LogP contribution in [0.5, 0.6) is 0 Å². The van der Waals surface area contributed by atoms with E-state index in [2.05, 4.69) is 5.32 Å². The normalized spacial score (nSPS) is 11.5. The molecule has 0 spiro atoms. The first-order valence-corrected chi connectivity index (χ1v) is 8.28. The highest BCUT2D eigenvalue weighted by Gasteiger charge is 2.21. The van der Waals surface area contributed by atoms with E-state index >= 15 is 0 Å². The summed E-state index contributed by atoms with van der Waals surface area (Å²) in [4.78, 5) is 26.1. The molecule has 0 aliphatic heterocycles. The molecule has 2 amide bonds. The first kappa shape index (κ1) is 20.1. The number of carbonyl (C=O) groups excluding carboxylic acids is 2. The summed E-state index contributed by atoms with van der Waals surface area (Å²) >= 11 is 0. The number of nitrogens with two attached hydrogens (primary N) is 1. The fraction of sp³-hybridized carbons (Fsp3) is 0.211. The van der Waals surface area contributed by atoms with Gasteiger partial charge >= 0.3 is 0 Å². The number of aliphatic hydroxyl groups is 2. The van der Waals surface area contributed by atoms with Crippen LogP contribution in [0.15, 0.2) is 54.6 Å². The Hall–Kier alpha value is -3.23. The predicted molar refractivity (Wildman–Crippen MR) is 102 cm³/mol. The van der Waals surface area contributed by atoms with Gasteiger partial charge in [0.25, 0.3) is 5.91 Å². The van der Waals surface area contributed by atoms with Crippen LogP contribution in [0.25, 0.3) is 0 Å². The van der Waals surface area contributed by atoms with E-state index < -0.39 is 24.5 Å². The lowest BCUT2D eigenvalue weighted by molar-refractivity contribution is -0.117. The zero-order valence-electron chi connectivity index (χ0n) is 14.6. The van der Waals surface area contributed by atoms with Gasteiger partial charge in [0.1, 0.15) is 12.4 Å². The third kappa shape index (κ3) is 5.91. The summed E-state index contributed by atoms with van der Waals surface area (Å²) < 4.78 is 0. The van der Waals surface area contributed by atoms with Crippen LogP contribution < -0.4 is 11.1 Å². The van der Waals surface area contributed by atoms with E-state index in [1.807, 2.05) is 0 Å². The Kier molecular flexibility index (Phi) is 7.04. The fourth-order valence-electron chi connectivity index (χ4n) is 2.40. The van der Waals surface area contributed by atoms with Crippen LogP contribution in [0.3, 0.4) is 0 Å². The van der Waals surface area contributed by atoms with E-state index in [1.165, 1.54) is 4.90 Å². The molecule has 0 saturated carbocycles. The number of nitrogens with one attached hydrogen (secondary N) is 2. The second kappa shape index (κ2) is 9.46. The van der Waals surface area contributed by atoms with Crippen LogP contribution in [-0.4, -0.2) is 58.6 Å². The average Bonchev–Trinajstić information content (AvgIpc) is 2.67. The number of amides is 2. The second-order valence-electron chi connectivity index (χ2n) is 5.93. The first-order chi connectivity index (χ1) is 12.9. The molecule has 0 aliphatic rings. The number of anilines is 1. The van der Waals surface area contributed by atoms with Crippen LogP contribution in [0, 0.1) is 5.41 Å². The molecule has 0 saturated heterocycles. The van der Waals surface area contributed by atoms with Gasteiger partial charge in [0, 0.05) is 23.4 Å². The van der Waals surface area contributed by atoms with Crippen molar-refractivity contribution in [3.63, 3.8) is 0 Å². The molecule has 0 aromatic heterocycles. The van der Waals surface area contributed by atoms with Gasteiger partial charge in [-0.3, -0.25) is 15.0 Å². The van der Waals surface area contributed by atoms with Crippen molar-refractivity contribution in [2.24, 2.45) is 5.73 Å². The van der Waals surface area contributed by atoms with Gasteiger partial charge in [-0.2, -0.15) is 0 Å². The molecular formula is C19H22N4O4. The highest BCUT2D eigenvalue weighted by molar-refractivity contribution is 6.00. The Bertz CT molecular complexity index is 793. The Labute approximate surface area is 156 Å². The lowest BCUT2D eigenvalue weighted by Crippen LogP contribution is -2.43. The van der Waals surface area contributed by atoms with Crippen molar-refractivity contribution in [2.45, 2.75) is 6.10 Å². The molecule has 0 fully saturated rings. The van der Waals surface area contributed by atoms with E-state index in [0.717, 1.165) is 0 Å². The number of nitrogens with zero attached hydrogens (tertiary/aromatic N) is 1. The smallest absolute Gasteiger partial charge is 0.254 e. The Balaban J connectivity index is 2.08. The van der Waals surface area contributed by atoms with Crippen LogP contribution >= 0.6 is 0 Å². The summed E-state index contributed by atoms with van der Waals surface area (Å²) in [7, 11) is 0. The zero-order chi connectivity index (χ0) is 19.8. The van der Waals surface area contributed by atoms with E-state index in [9.17, 15) is 14.7 Å². The monoisotopic (exact) mass is 370 g/mol. The molecule has 8 nitrogen and oxygen atoms in total. The third-order valence-corrected chi connectivity index (χ3v) is 3.76. The largest absolute Gasteiger partial charge is 0.394 e.